The van der Waals surface area contributed by atoms with Gasteiger partial charge in [0.15, 0.2) is 6.10 Å². The molecule has 1 unspecified atom stereocenters. The summed E-state index contributed by atoms with van der Waals surface area (Å²) in [7, 11) is 1.88. The van der Waals surface area contributed by atoms with Crippen LogP contribution in [0.15, 0.2) is 36.7 Å². The van der Waals surface area contributed by atoms with Crippen LogP contribution < -0.4 is 0 Å². The Hall–Kier alpha value is -2.14. The Morgan fingerprint density at radius 3 is 2.89 bits per heavy atom. The molecule has 1 atom stereocenters. The van der Waals surface area contributed by atoms with E-state index in [4.69, 9.17) is 0 Å². The monoisotopic (exact) mass is 256 g/mol. The van der Waals surface area contributed by atoms with E-state index in [1.165, 1.54) is 0 Å². The Labute approximate surface area is 111 Å². The van der Waals surface area contributed by atoms with Crippen molar-refractivity contribution in [1.29, 1.82) is 0 Å². The largest absolute Gasteiger partial charge is 0.379 e. The summed E-state index contributed by atoms with van der Waals surface area (Å²) in [6.07, 6.45) is 2.76. The highest BCUT2D eigenvalue weighted by Crippen LogP contribution is 2.26. The lowest BCUT2D eigenvalue weighted by atomic mass is 10.1. The summed E-state index contributed by atoms with van der Waals surface area (Å²) in [5, 5.41) is 15.9. The molecule has 0 aliphatic heterocycles. The average Bonchev–Trinajstić information content (AvgIpc) is 3.03. The van der Waals surface area contributed by atoms with Crippen molar-refractivity contribution < 1.29 is 5.11 Å². The van der Waals surface area contributed by atoms with Crippen LogP contribution >= 0.6 is 0 Å². The number of para-hydroxylation sites is 1. The van der Waals surface area contributed by atoms with Gasteiger partial charge < -0.3 is 9.67 Å². The molecule has 0 saturated heterocycles. The van der Waals surface area contributed by atoms with Gasteiger partial charge in [-0.25, -0.2) is 4.98 Å². The van der Waals surface area contributed by atoms with E-state index in [1.54, 1.807) is 10.9 Å². The molecule has 1 N–H and O–H groups in total. The molecule has 3 aromatic rings. The van der Waals surface area contributed by atoms with Crippen LogP contribution in [0.25, 0.3) is 10.9 Å². The molecular weight excluding hydrogens is 240 g/mol. The first-order valence-electron chi connectivity index (χ1n) is 6.33. The molecule has 98 valence electrons. The molecule has 0 aliphatic rings. The van der Waals surface area contributed by atoms with Crippen LogP contribution in [0.3, 0.4) is 0 Å². The summed E-state index contributed by atoms with van der Waals surface area (Å²) < 4.78 is 3.71. The van der Waals surface area contributed by atoms with Crippen molar-refractivity contribution >= 4 is 10.9 Å². The van der Waals surface area contributed by atoms with Crippen LogP contribution in [-0.2, 0) is 13.6 Å². The number of fused-ring (bicyclic) bond motifs is 1. The fourth-order valence-corrected chi connectivity index (χ4v) is 2.40. The van der Waals surface area contributed by atoms with Crippen LogP contribution in [0.2, 0.25) is 0 Å². The van der Waals surface area contributed by atoms with Crippen LogP contribution in [-0.4, -0.2) is 24.4 Å². The van der Waals surface area contributed by atoms with Gasteiger partial charge in [0, 0.05) is 31.4 Å². The smallest absolute Gasteiger partial charge is 0.156 e. The summed E-state index contributed by atoms with van der Waals surface area (Å²) in [6.45, 7) is 2.80. The van der Waals surface area contributed by atoms with Crippen molar-refractivity contribution in [3.63, 3.8) is 0 Å². The molecule has 1 aromatic carbocycles. The first-order chi connectivity index (χ1) is 9.22. The summed E-state index contributed by atoms with van der Waals surface area (Å²) >= 11 is 0. The van der Waals surface area contributed by atoms with Crippen molar-refractivity contribution in [2.45, 2.75) is 19.6 Å². The SMILES string of the molecule is CCn1ccnc1C(O)c1nn(C)c2ccccc12. The van der Waals surface area contributed by atoms with E-state index in [9.17, 15) is 5.11 Å². The highest BCUT2D eigenvalue weighted by atomic mass is 16.3. The molecule has 0 fully saturated rings. The number of hydrogen-bond donors (Lipinski definition) is 1. The van der Waals surface area contributed by atoms with E-state index in [-0.39, 0.29) is 0 Å². The molecule has 2 aromatic heterocycles. The number of imidazole rings is 1. The Morgan fingerprint density at radius 1 is 1.32 bits per heavy atom. The first-order valence-corrected chi connectivity index (χ1v) is 6.33. The molecule has 0 spiro atoms. The van der Waals surface area contributed by atoms with Gasteiger partial charge in [-0.2, -0.15) is 5.10 Å². The van der Waals surface area contributed by atoms with Crippen LogP contribution in [0.5, 0.6) is 0 Å². The quantitative estimate of drug-likeness (QED) is 0.778. The van der Waals surface area contributed by atoms with E-state index in [0.717, 1.165) is 17.4 Å². The van der Waals surface area contributed by atoms with Crippen molar-refractivity contribution in [3.05, 3.63) is 48.2 Å². The third-order valence-corrected chi connectivity index (χ3v) is 3.38. The highest BCUT2D eigenvalue weighted by molar-refractivity contribution is 5.82. The lowest BCUT2D eigenvalue weighted by molar-refractivity contribution is 0.200. The predicted molar refractivity (Wildman–Crippen MR) is 72.7 cm³/mol. The second-order valence-electron chi connectivity index (χ2n) is 4.50. The summed E-state index contributed by atoms with van der Waals surface area (Å²) in [5.74, 6) is 0.631. The van der Waals surface area contributed by atoms with Gasteiger partial charge in [0.1, 0.15) is 11.5 Å². The van der Waals surface area contributed by atoms with Crippen LogP contribution in [0, 0.1) is 0 Å². The van der Waals surface area contributed by atoms with E-state index < -0.39 is 6.10 Å². The van der Waals surface area contributed by atoms with Gasteiger partial charge in [0.2, 0.25) is 0 Å². The lowest BCUT2D eigenvalue weighted by Crippen LogP contribution is -2.10. The van der Waals surface area contributed by atoms with E-state index in [1.807, 2.05) is 49.0 Å². The maximum atomic E-state index is 10.5. The maximum absolute atomic E-state index is 10.5. The van der Waals surface area contributed by atoms with Crippen LogP contribution in [0.1, 0.15) is 24.5 Å². The molecule has 5 nitrogen and oxygen atoms in total. The van der Waals surface area contributed by atoms with Crippen molar-refractivity contribution in [2.24, 2.45) is 7.05 Å². The van der Waals surface area contributed by atoms with Gasteiger partial charge in [-0.05, 0) is 13.0 Å². The third-order valence-electron chi connectivity index (χ3n) is 3.38. The molecule has 5 heteroatoms. The first kappa shape index (κ1) is 11.9. The Morgan fingerprint density at radius 2 is 2.11 bits per heavy atom. The zero-order valence-electron chi connectivity index (χ0n) is 11.0. The number of rotatable bonds is 3. The zero-order valence-corrected chi connectivity index (χ0v) is 11.0. The topological polar surface area (TPSA) is 55.9 Å². The lowest BCUT2D eigenvalue weighted by Gasteiger charge is -2.10. The van der Waals surface area contributed by atoms with Crippen molar-refractivity contribution in [1.82, 2.24) is 19.3 Å². The molecule has 0 radical (unpaired) electrons. The van der Waals surface area contributed by atoms with Gasteiger partial charge >= 0.3 is 0 Å². The zero-order chi connectivity index (χ0) is 13.4. The van der Waals surface area contributed by atoms with Crippen molar-refractivity contribution in [2.75, 3.05) is 0 Å². The molecule has 2 heterocycles. The third kappa shape index (κ3) is 1.82. The predicted octanol–water partition coefficient (Wildman–Crippen LogP) is 1.87. The number of hydrogen-bond acceptors (Lipinski definition) is 3. The molecular formula is C14H16N4O. The number of benzene rings is 1. The standard InChI is InChI=1S/C14H16N4O/c1-3-18-9-8-15-14(18)13(19)12-10-6-4-5-7-11(10)17(2)16-12/h4-9,13,19H,3H2,1-2H3. The summed E-state index contributed by atoms with van der Waals surface area (Å²) in [5.41, 5.74) is 1.66. The maximum Gasteiger partial charge on any atom is 0.156 e. The number of aromatic nitrogens is 4. The van der Waals surface area contributed by atoms with Crippen LogP contribution in [0.4, 0.5) is 0 Å². The number of aliphatic hydroxyl groups is 1. The fraction of sp³-hybridized carbons (Fsp3) is 0.286. The highest BCUT2D eigenvalue weighted by Gasteiger charge is 2.21. The minimum atomic E-state index is -0.805. The Balaban J connectivity index is 2.14. The number of aliphatic hydroxyl groups excluding tert-OH is 1. The Bertz CT molecular complexity index is 713. The molecule has 0 amide bonds. The van der Waals surface area contributed by atoms with Gasteiger partial charge in [0.05, 0.1) is 5.52 Å². The molecule has 0 bridgehead atoms. The van der Waals surface area contributed by atoms with Gasteiger partial charge in [-0.1, -0.05) is 18.2 Å². The summed E-state index contributed by atoms with van der Waals surface area (Å²) in [4.78, 5) is 4.24. The summed E-state index contributed by atoms with van der Waals surface area (Å²) in [6, 6.07) is 7.88. The minimum Gasteiger partial charge on any atom is -0.379 e. The minimum absolute atomic E-state index is 0.631. The normalized spacial score (nSPS) is 13.0. The number of aryl methyl sites for hydroxylation is 2. The van der Waals surface area contributed by atoms with Gasteiger partial charge in [-0.3, -0.25) is 4.68 Å². The van der Waals surface area contributed by atoms with E-state index in [2.05, 4.69) is 10.1 Å². The average molecular weight is 256 g/mol. The number of nitrogens with zero attached hydrogens (tertiary/aromatic N) is 4. The molecule has 19 heavy (non-hydrogen) atoms. The fourth-order valence-electron chi connectivity index (χ4n) is 2.40. The van der Waals surface area contributed by atoms with Gasteiger partial charge in [0.25, 0.3) is 0 Å². The molecule has 3 rings (SSSR count). The van der Waals surface area contributed by atoms with Crippen molar-refractivity contribution in [3.8, 4) is 0 Å². The second kappa shape index (κ2) is 4.51. The molecule has 0 saturated carbocycles. The van der Waals surface area contributed by atoms with E-state index in [0.29, 0.717) is 11.5 Å². The Kier molecular flexibility index (Phi) is 2.83. The second-order valence-corrected chi connectivity index (χ2v) is 4.50. The van der Waals surface area contributed by atoms with Gasteiger partial charge in [-0.15, -0.1) is 0 Å². The van der Waals surface area contributed by atoms with E-state index >= 15 is 0 Å². The molecule has 0 aliphatic carbocycles.